The molecule has 1 rings (SSSR count). The molecule has 0 amide bonds. The maximum atomic E-state index is 5.24. The Bertz CT molecular complexity index is 151. The summed E-state index contributed by atoms with van der Waals surface area (Å²) in [5.41, 5.74) is 0.516. The van der Waals surface area contributed by atoms with Crippen LogP contribution in [0, 0.1) is 23.2 Å². The molecule has 1 nitrogen and oxygen atoms in total. The van der Waals surface area contributed by atoms with Crippen LogP contribution < -0.4 is 0 Å². The topological polar surface area (TPSA) is 9.23 Å². The smallest absolute Gasteiger partial charge is 0.0493 e. The molecule has 0 saturated heterocycles. The van der Waals surface area contributed by atoms with Crippen molar-refractivity contribution in [1.82, 2.24) is 0 Å². The van der Waals surface area contributed by atoms with Gasteiger partial charge in [-0.05, 0) is 29.6 Å². The van der Waals surface area contributed by atoms with E-state index in [9.17, 15) is 0 Å². The van der Waals surface area contributed by atoms with Gasteiger partial charge < -0.3 is 4.74 Å². The molecule has 0 aromatic heterocycles. The quantitative estimate of drug-likeness (QED) is 0.619. The summed E-state index contributed by atoms with van der Waals surface area (Å²) < 4.78 is 5.24. The number of methoxy groups -OCH3 is 1. The standard InChI is InChI=1S/C11H22O/c1-8-9(2)11(3,4)6-10(8)7-12-5/h8-10H,6-7H2,1-5H3/t8-,9+,10-/m0/s1. The molecule has 1 fully saturated rings. The van der Waals surface area contributed by atoms with Crippen LogP contribution in [0.2, 0.25) is 0 Å². The third-order valence-electron chi connectivity index (χ3n) is 3.93. The van der Waals surface area contributed by atoms with Crippen LogP contribution in [0.1, 0.15) is 34.1 Å². The SMILES string of the molecule is COC[C@@H]1CC(C)(C)[C@H](C)[C@@H]1C. The predicted molar refractivity (Wildman–Crippen MR) is 52.1 cm³/mol. The van der Waals surface area contributed by atoms with Gasteiger partial charge in [0.1, 0.15) is 0 Å². The summed E-state index contributed by atoms with van der Waals surface area (Å²) in [5.74, 6) is 2.43. The van der Waals surface area contributed by atoms with Crippen LogP contribution in [-0.2, 0) is 4.74 Å². The summed E-state index contributed by atoms with van der Waals surface area (Å²) in [6, 6.07) is 0. The van der Waals surface area contributed by atoms with E-state index >= 15 is 0 Å². The molecule has 0 aromatic carbocycles. The molecule has 1 heteroatoms. The lowest BCUT2D eigenvalue weighted by molar-refractivity contribution is 0.131. The summed E-state index contributed by atoms with van der Waals surface area (Å²) in [6.45, 7) is 10.4. The highest BCUT2D eigenvalue weighted by Crippen LogP contribution is 2.49. The summed E-state index contributed by atoms with van der Waals surface area (Å²) in [5, 5.41) is 0. The van der Waals surface area contributed by atoms with E-state index in [0.29, 0.717) is 5.41 Å². The molecule has 0 radical (unpaired) electrons. The Balaban J connectivity index is 2.61. The second-order valence-corrected chi connectivity index (χ2v) is 5.06. The zero-order valence-electron chi connectivity index (χ0n) is 9.05. The Kier molecular flexibility index (Phi) is 2.82. The number of hydrogen-bond donors (Lipinski definition) is 0. The van der Waals surface area contributed by atoms with Gasteiger partial charge >= 0.3 is 0 Å². The first kappa shape index (κ1) is 10.0. The van der Waals surface area contributed by atoms with E-state index in [4.69, 9.17) is 4.74 Å². The minimum Gasteiger partial charge on any atom is -0.384 e. The second kappa shape index (κ2) is 3.37. The third kappa shape index (κ3) is 1.66. The molecule has 0 spiro atoms. The Labute approximate surface area is 76.5 Å². The van der Waals surface area contributed by atoms with Crippen LogP contribution in [0.4, 0.5) is 0 Å². The van der Waals surface area contributed by atoms with Gasteiger partial charge in [0, 0.05) is 13.7 Å². The molecule has 0 heterocycles. The van der Waals surface area contributed by atoms with Gasteiger partial charge in [-0.15, -0.1) is 0 Å². The van der Waals surface area contributed by atoms with Gasteiger partial charge in [0.05, 0.1) is 0 Å². The van der Waals surface area contributed by atoms with Crippen molar-refractivity contribution in [2.45, 2.75) is 34.1 Å². The van der Waals surface area contributed by atoms with E-state index in [1.165, 1.54) is 6.42 Å². The summed E-state index contributed by atoms with van der Waals surface area (Å²) in [6.07, 6.45) is 1.32. The highest BCUT2D eigenvalue weighted by atomic mass is 16.5. The monoisotopic (exact) mass is 170 g/mol. The van der Waals surface area contributed by atoms with Crippen LogP contribution >= 0.6 is 0 Å². The van der Waals surface area contributed by atoms with Crippen molar-refractivity contribution in [2.24, 2.45) is 23.2 Å². The largest absolute Gasteiger partial charge is 0.384 e. The highest BCUT2D eigenvalue weighted by molar-refractivity contribution is 4.91. The molecule has 0 unspecified atom stereocenters. The summed E-state index contributed by atoms with van der Waals surface area (Å²) in [7, 11) is 1.81. The first-order chi connectivity index (χ1) is 5.49. The van der Waals surface area contributed by atoms with E-state index in [-0.39, 0.29) is 0 Å². The molecule has 1 saturated carbocycles. The first-order valence-corrected chi connectivity index (χ1v) is 4.98. The van der Waals surface area contributed by atoms with Crippen molar-refractivity contribution in [3.63, 3.8) is 0 Å². The fraction of sp³-hybridized carbons (Fsp3) is 1.00. The summed E-state index contributed by atoms with van der Waals surface area (Å²) in [4.78, 5) is 0. The number of rotatable bonds is 2. The molecule has 1 aliphatic carbocycles. The van der Waals surface area contributed by atoms with E-state index < -0.39 is 0 Å². The zero-order valence-corrected chi connectivity index (χ0v) is 9.05. The normalized spacial score (nSPS) is 40.2. The highest BCUT2D eigenvalue weighted by Gasteiger charge is 2.42. The summed E-state index contributed by atoms with van der Waals surface area (Å²) >= 11 is 0. The van der Waals surface area contributed by atoms with Crippen LogP contribution in [0.3, 0.4) is 0 Å². The Morgan fingerprint density at radius 2 is 1.92 bits per heavy atom. The van der Waals surface area contributed by atoms with Crippen molar-refractivity contribution >= 4 is 0 Å². The average Bonchev–Trinajstić information content (AvgIpc) is 2.16. The van der Waals surface area contributed by atoms with Crippen molar-refractivity contribution in [2.75, 3.05) is 13.7 Å². The Hall–Kier alpha value is -0.0400. The molecule has 0 aromatic rings. The lowest BCUT2D eigenvalue weighted by Crippen LogP contribution is -2.17. The maximum Gasteiger partial charge on any atom is 0.0493 e. The van der Waals surface area contributed by atoms with Gasteiger partial charge in [0.15, 0.2) is 0 Å². The van der Waals surface area contributed by atoms with Gasteiger partial charge in [-0.2, -0.15) is 0 Å². The Morgan fingerprint density at radius 3 is 2.25 bits per heavy atom. The molecule has 0 N–H and O–H groups in total. The molecule has 0 aliphatic heterocycles. The first-order valence-electron chi connectivity index (χ1n) is 4.98. The number of ether oxygens (including phenoxy) is 1. The van der Waals surface area contributed by atoms with Crippen LogP contribution in [-0.4, -0.2) is 13.7 Å². The van der Waals surface area contributed by atoms with Crippen LogP contribution in [0.25, 0.3) is 0 Å². The Morgan fingerprint density at radius 1 is 1.33 bits per heavy atom. The molecule has 72 valence electrons. The maximum absolute atomic E-state index is 5.24. The lowest BCUT2D eigenvalue weighted by Gasteiger charge is -2.25. The molecule has 3 atom stereocenters. The van der Waals surface area contributed by atoms with Crippen molar-refractivity contribution in [3.8, 4) is 0 Å². The minimum absolute atomic E-state index is 0.516. The zero-order chi connectivity index (χ0) is 9.35. The van der Waals surface area contributed by atoms with E-state index in [1.807, 2.05) is 7.11 Å². The fourth-order valence-corrected chi connectivity index (χ4v) is 2.59. The predicted octanol–water partition coefficient (Wildman–Crippen LogP) is 2.95. The van der Waals surface area contributed by atoms with E-state index in [2.05, 4.69) is 27.7 Å². The average molecular weight is 170 g/mol. The van der Waals surface area contributed by atoms with Gasteiger partial charge in [0.2, 0.25) is 0 Å². The second-order valence-electron chi connectivity index (χ2n) is 5.06. The van der Waals surface area contributed by atoms with Crippen molar-refractivity contribution in [3.05, 3.63) is 0 Å². The third-order valence-corrected chi connectivity index (χ3v) is 3.93. The van der Waals surface area contributed by atoms with Gasteiger partial charge in [-0.25, -0.2) is 0 Å². The van der Waals surface area contributed by atoms with Gasteiger partial charge in [0.25, 0.3) is 0 Å². The molecular weight excluding hydrogens is 148 g/mol. The van der Waals surface area contributed by atoms with E-state index in [1.54, 1.807) is 0 Å². The fourth-order valence-electron chi connectivity index (χ4n) is 2.59. The molecule has 12 heavy (non-hydrogen) atoms. The van der Waals surface area contributed by atoms with Gasteiger partial charge in [-0.1, -0.05) is 27.7 Å². The molecular formula is C11H22O. The van der Waals surface area contributed by atoms with E-state index in [0.717, 1.165) is 24.4 Å². The van der Waals surface area contributed by atoms with Crippen molar-refractivity contribution < 1.29 is 4.74 Å². The van der Waals surface area contributed by atoms with Crippen LogP contribution in [0.15, 0.2) is 0 Å². The molecule has 1 aliphatic rings. The minimum atomic E-state index is 0.516. The number of hydrogen-bond acceptors (Lipinski definition) is 1. The van der Waals surface area contributed by atoms with Crippen LogP contribution in [0.5, 0.6) is 0 Å². The van der Waals surface area contributed by atoms with Crippen molar-refractivity contribution in [1.29, 1.82) is 0 Å². The lowest BCUT2D eigenvalue weighted by atomic mass is 9.81. The van der Waals surface area contributed by atoms with Gasteiger partial charge in [-0.3, -0.25) is 0 Å². The molecule has 0 bridgehead atoms.